The molecule has 110 valence electrons. The van der Waals surface area contributed by atoms with Crippen LogP contribution in [0.5, 0.6) is 5.75 Å². The van der Waals surface area contributed by atoms with E-state index in [-0.39, 0.29) is 17.7 Å². The first-order valence-electron chi connectivity index (χ1n) is 6.97. The van der Waals surface area contributed by atoms with Gasteiger partial charge in [0.15, 0.2) is 11.6 Å². The summed E-state index contributed by atoms with van der Waals surface area (Å²) in [6.07, 6.45) is 2.35. The number of carbonyl (C=O) groups excluding carboxylic acids is 1. The Morgan fingerprint density at radius 1 is 1.55 bits per heavy atom. The fraction of sp³-hybridized carbons (Fsp3) is 0.533. The molecule has 0 bridgehead atoms. The Balaban J connectivity index is 1.93. The van der Waals surface area contributed by atoms with Crippen LogP contribution in [0.15, 0.2) is 18.2 Å². The van der Waals surface area contributed by atoms with E-state index in [9.17, 15) is 9.18 Å². The molecule has 1 aromatic rings. The number of hydrogen-bond donors (Lipinski definition) is 2. The van der Waals surface area contributed by atoms with E-state index >= 15 is 0 Å². The summed E-state index contributed by atoms with van der Waals surface area (Å²) in [6.45, 7) is 3.73. The van der Waals surface area contributed by atoms with Gasteiger partial charge in [0.25, 0.3) is 5.91 Å². The first-order valence-corrected chi connectivity index (χ1v) is 6.97. The first-order chi connectivity index (χ1) is 9.61. The molecule has 1 fully saturated rings. The average Bonchev–Trinajstić information content (AvgIpc) is 2.46. The third kappa shape index (κ3) is 3.48. The highest BCUT2D eigenvalue weighted by Gasteiger charge is 2.21. The second kappa shape index (κ2) is 6.70. The van der Waals surface area contributed by atoms with Crippen LogP contribution in [0, 0.1) is 11.7 Å². The quantitative estimate of drug-likeness (QED) is 0.886. The maximum Gasteiger partial charge on any atom is 0.251 e. The Morgan fingerprint density at radius 2 is 2.35 bits per heavy atom. The van der Waals surface area contributed by atoms with Gasteiger partial charge in [-0.1, -0.05) is 6.92 Å². The van der Waals surface area contributed by atoms with Crippen LogP contribution in [0.2, 0.25) is 0 Å². The van der Waals surface area contributed by atoms with Crippen LogP contribution in [0.1, 0.15) is 30.1 Å². The van der Waals surface area contributed by atoms with Crippen LogP contribution in [0.4, 0.5) is 4.39 Å². The molecule has 2 unspecified atom stereocenters. The number of carbonyl (C=O) groups is 1. The van der Waals surface area contributed by atoms with E-state index in [0.29, 0.717) is 18.0 Å². The van der Waals surface area contributed by atoms with Crippen molar-refractivity contribution in [2.75, 3.05) is 20.2 Å². The van der Waals surface area contributed by atoms with E-state index in [0.717, 1.165) is 6.54 Å². The van der Waals surface area contributed by atoms with Crippen molar-refractivity contribution in [1.82, 2.24) is 10.6 Å². The Bertz CT molecular complexity index is 479. The topological polar surface area (TPSA) is 50.4 Å². The molecular weight excluding hydrogens is 259 g/mol. The molecule has 20 heavy (non-hydrogen) atoms. The highest BCUT2D eigenvalue weighted by molar-refractivity contribution is 5.94. The molecule has 1 aromatic carbocycles. The lowest BCUT2D eigenvalue weighted by Crippen LogP contribution is -2.47. The molecule has 1 saturated heterocycles. The molecule has 0 saturated carbocycles. The fourth-order valence-electron chi connectivity index (χ4n) is 2.50. The van der Waals surface area contributed by atoms with Gasteiger partial charge in [-0.05, 0) is 43.5 Å². The molecule has 2 rings (SSSR count). The third-order valence-electron chi connectivity index (χ3n) is 3.83. The van der Waals surface area contributed by atoms with Gasteiger partial charge >= 0.3 is 0 Å². The molecule has 1 aliphatic rings. The molecule has 5 heteroatoms. The molecular formula is C15H21FN2O2. The number of nitrogens with one attached hydrogen (secondary N) is 2. The van der Waals surface area contributed by atoms with Crippen LogP contribution < -0.4 is 15.4 Å². The third-order valence-corrected chi connectivity index (χ3v) is 3.83. The first kappa shape index (κ1) is 14.8. The molecule has 0 aliphatic carbocycles. The average molecular weight is 280 g/mol. The van der Waals surface area contributed by atoms with Gasteiger partial charge in [0.1, 0.15) is 0 Å². The number of benzene rings is 1. The number of amides is 1. The monoisotopic (exact) mass is 280 g/mol. The highest BCUT2D eigenvalue weighted by Crippen LogP contribution is 2.18. The summed E-state index contributed by atoms with van der Waals surface area (Å²) in [7, 11) is 1.40. The second-order valence-corrected chi connectivity index (χ2v) is 5.24. The van der Waals surface area contributed by atoms with Gasteiger partial charge < -0.3 is 15.4 Å². The number of piperidine rings is 1. The number of rotatable bonds is 4. The summed E-state index contributed by atoms with van der Waals surface area (Å²) in [5, 5.41) is 6.25. The summed E-state index contributed by atoms with van der Waals surface area (Å²) in [5.41, 5.74) is 0.312. The van der Waals surface area contributed by atoms with Crippen molar-refractivity contribution in [3.05, 3.63) is 29.6 Å². The summed E-state index contributed by atoms with van der Waals surface area (Å²) in [4.78, 5) is 12.0. The summed E-state index contributed by atoms with van der Waals surface area (Å²) < 4.78 is 18.4. The lowest BCUT2D eigenvalue weighted by Gasteiger charge is -2.30. The molecule has 1 heterocycles. The van der Waals surface area contributed by atoms with Crippen molar-refractivity contribution in [2.24, 2.45) is 5.92 Å². The lowest BCUT2D eigenvalue weighted by molar-refractivity contribution is 0.0943. The molecule has 0 radical (unpaired) electrons. The zero-order valence-corrected chi connectivity index (χ0v) is 11.9. The number of ether oxygens (including phenoxy) is 1. The van der Waals surface area contributed by atoms with Crippen molar-refractivity contribution in [3.63, 3.8) is 0 Å². The minimum Gasteiger partial charge on any atom is -0.494 e. The number of methoxy groups -OCH3 is 1. The van der Waals surface area contributed by atoms with E-state index in [2.05, 4.69) is 17.6 Å². The van der Waals surface area contributed by atoms with E-state index in [4.69, 9.17) is 4.74 Å². The molecule has 2 N–H and O–H groups in total. The lowest BCUT2D eigenvalue weighted by atomic mass is 9.93. The molecule has 2 atom stereocenters. The van der Waals surface area contributed by atoms with Crippen molar-refractivity contribution in [1.29, 1.82) is 0 Å². The number of halogens is 1. The van der Waals surface area contributed by atoms with Gasteiger partial charge in [0, 0.05) is 18.2 Å². The second-order valence-electron chi connectivity index (χ2n) is 5.24. The largest absolute Gasteiger partial charge is 0.494 e. The van der Waals surface area contributed by atoms with Gasteiger partial charge in [0.2, 0.25) is 0 Å². The van der Waals surface area contributed by atoms with Gasteiger partial charge in [-0.15, -0.1) is 0 Å². The van der Waals surface area contributed by atoms with E-state index in [1.807, 2.05) is 0 Å². The molecule has 0 spiro atoms. The SMILES string of the molecule is COc1ccc(C(=O)NCC2NCCCC2C)cc1F. The maximum atomic E-state index is 13.6. The van der Waals surface area contributed by atoms with E-state index in [1.54, 1.807) is 6.07 Å². The van der Waals surface area contributed by atoms with Crippen LogP contribution in [0.3, 0.4) is 0 Å². The summed E-state index contributed by atoms with van der Waals surface area (Å²) in [6, 6.07) is 4.52. The van der Waals surface area contributed by atoms with Crippen molar-refractivity contribution in [3.8, 4) is 5.75 Å². The smallest absolute Gasteiger partial charge is 0.251 e. The van der Waals surface area contributed by atoms with Crippen molar-refractivity contribution in [2.45, 2.75) is 25.8 Å². The van der Waals surface area contributed by atoms with Crippen molar-refractivity contribution >= 4 is 5.91 Å². The van der Waals surface area contributed by atoms with Crippen LogP contribution >= 0.6 is 0 Å². The Labute approximate surface area is 118 Å². The summed E-state index contributed by atoms with van der Waals surface area (Å²) >= 11 is 0. The Hall–Kier alpha value is -1.62. The molecule has 1 aliphatic heterocycles. The number of hydrogen-bond acceptors (Lipinski definition) is 3. The summed E-state index contributed by atoms with van der Waals surface area (Å²) in [5.74, 6) is -0.101. The van der Waals surface area contributed by atoms with Gasteiger partial charge in [0.05, 0.1) is 7.11 Å². The van der Waals surface area contributed by atoms with E-state index < -0.39 is 5.82 Å². The molecule has 0 aromatic heterocycles. The van der Waals surface area contributed by atoms with Gasteiger partial charge in [-0.2, -0.15) is 0 Å². The minimum atomic E-state index is -0.524. The van der Waals surface area contributed by atoms with Crippen LogP contribution in [-0.4, -0.2) is 32.1 Å². The predicted octanol–water partition coefficient (Wildman–Crippen LogP) is 1.95. The fourth-order valence-corrected chi connectivity index (χ4v) is 2.50. The predicted molar refractivity (Wildman–Crippen MR) is 75.5 cm³/mol. The zero-order chi connectivity index (χ0) is 14.5. The van der Waals surface area contributed by atoms with Crippen LogP contribution in [-0.2, 0) is 0 Å². The highest BCUT2D eigenvalue weighted by atomic mass is 19.1. The molecule has 4 nitrogen and oxygen atoms in total. The van der Waals surface area contributed by atoms with Gasteiger partial charge in [-0.3, -0.25) is 4.79 Å². The Morgan fingerprint density at radius 3 is 3.00 bits per heavy atom. The van der Waals surface area contributed by atoms with Crippen LogP contribution in [0.25, 0.3) is 0 Å². The molecule has 1 amide bonds. The minimum absolute atomic E-state index is 0.143. The van der Waals surface area contributed by atoms with E-state index in [1.165, 1.54) is 32.1 Å². The van der Waals surface area contributed by atoms with Crippen molar-refractivity contribution < 1.29 is 13.9 Å². The standard InChI is InChI=1S/C15H21FN2O2/c1-10-4-3-7-17-13(10)9-18-15(19)11-5-6-14(20-2)12(16)8-11/h5-6,8,10,13,17H,3-4,7,9H2,1-2H3,(H,18,19). The van der Waals surface area contributed by atoms with Gasteiger partial charge in [-0.25, -0.2) is 4.39 Å². The maximum absolute atomic E-state index is 13.6. The Kier molecular flexibility index (Phi) is 4.95. The normalized spacial score (nSPS) is 22.4. The zero-order valence-electron chi connectivity index (χ0n) is 11.9.